The number of fused-ring (bicyclic) bond motifs is 1. The van der Waals surface area contributed by atoms with Gasteiger partial charge in [0.2, 0.25) is 5.91 Å². The highest BCUT2D eigenvalue weighted by Crippen LogP contribution is 2.31. The second-order valence-corrected chi connectivity index (χ2v) is 7.66. The lowest BCUT2D eigenvalue weighted by molar-refractivity contribution is -0.139. The van der Waals surface area contributed by atoms with Crippen LogP contribution in [0, 0.1) is 22.6 Å². The maximum absolute atomic E-state index is 13.1. The first-order chi connectivity index (χ1) is 12.9. The number of rotatable bonds is 4. The van der Waals surface area contributed by atoms with Crippen LogP contribution in [0.3, 0.4) is 0 Å². The average Bonchev–Trinajstić information content (AvgIpc) is 2.89. The van der Waals surface area contributed by atoms with Crippen LogP contribution < -0.4 is 4.74 Å². The van der Waals surface area contributed by atoms with Crippen LogP contribution in [0.4, 0.5) is 4.39 Å². The molecule has 0 unspecified atom stereocenters. The third kappa shape index (κ3) is 4.34. The van der Waals surface area contributed by atoms with Crippen molar-refractivity contribution in [1.82, 2.24) is 19.9 Å². The average molecular weight is 387 g/mol. The molecule has 3 heterocycles. The highest BCUT2D eigenvalue weighted by Gasteiger charge is 2.34. The number of aromatic nitrogens is 3. The fourth-order valence-electron chi connectivity index (χ4n) is 2.68. The third-order valence-corrected chi connectivity index (χ3v) is 5.42. The Morgan fingerprint density at radius 2 is 2.11 bits per heavy atom. The third-order valence-electron chi connectivity index (χ3n) is 4.08. The highest BCUT2D eigenvalue weighted by atomic mass is 32.2. The van der Waals surface area contributed by atoms with Crippen molar-refractivity contribution < 1.29 is 13.9 Å². The van der Waals surface area contributed by atoms with E-state index in [2.05, 4.69) is 21.0 Å². The lowest BCUT2D eigenvalue weighted by atomic mass is 9.94. The second kappa shape index (κ2) is 7.88. The van der Waals surface area contributed by atoms with Gasteiger partial charge in [-0.25, -0.2) is 14.4 Å². The van der Waals surface area contributed by atoms with Gasteiger partial charge in [0.15, 0.2) is 11.0 Å². The predicted octanol–water partition coefficient (Wildman–Crippen LogP) is 2.42. The molecule has 27 heavy (non-hydrogen) atoms. The number of halogens is 1. The quantitative estimate of drug-likeness (QED) is 0.588. The number of nitrogens with zero attached hydrogens (tertiary/aromatic N) is 5. The maximum Gasteiger partial charge on any atom is 0.229 e. The molecular weight excluding hydrogens is 369 g/mol. The molecule has 1 amide bonds. The molecule has 9 heteroatoms. The number of hydrogen-bond donors (Lipinski definition) is 0. The van der Waals surface area contributed by atoms with Crippen molar-refractivity contribution in [3.05, 3.63) is 41.7 Å². The van der Waals surface area contributed by atoms with Crippen LogP contribution in [-0.2, 0) is 11.3 Å². The molecule has 140 valence electrons. The Hall–Kier alpha value is -2.73. The molecular formula is C18H18FN5O2S. The van der Waals surface area contributed by atoms with E-state index in [9.17, 15) is 14.4 Å². The van der Waals surface area contributed by atoms with Gasteiger partial charge in [-0.3, -0.25) is 9.78 Å². The van der Waals surface area contributed by atoms with Gasteiger partial charge in [0, 0.05) is 23.7 Å². The van der Waals surface area contributed by atoms with E-state index in [0.717, 1.165) is 12.4 Å². The molecule has 0 fully saturated rings. The summed E-state index contributed by atoms with van der Waals surface area (Å²) in [5.41, 5.74) is 0.392. The van der Waals surface area contributed by atoms with Crippen LogP contribution in [0.15, 0.2) is 29.9 Å². The minimum Gasteiger partial charge on any atom is -0.490 e. The molecule has 0 radical (unpaired) electrons. The number of pyridine rings is 1. The largest absolute Gasteiger partial charge is 0.490 e. The Bertz CT molecular complexity index is 882. The Labute approximate surface area is 160 Å². The van der Waals surface area contributed by atoms with Crippen LogP contribution >= 0.6 is 11.8 Å². The number of carbonyl (C=O) groups is 1. The Morgan fingerprint density at radius 3 is 2.81 bits per heavy atom. The van der Waals surface area contributed by atoms with Gasteiger partial charge in [-0.05, 0) is 0 Å². The summed E-state index contributed by atoms with van der Waals surface area (Å²) < 4.78 is 18.6. The second-order valence-electron chi connectivity index (χ2n) is 6.72. The van der Waals surface area contributed by atoms with Gasteiger partial charge in [-0.2, -0.15) is 5.26 Å². The molecule has 0 N–H and O–H groups in total. The molecule has 0 aromatic carbocycles. The van der Waals surface area contributed by atoms with E-state index in [1.165, 1.54) is 18.0 Å². The lowest BCUT2D eigenvalue weighted by Gasteiger charge is -2.30. The van der Waals surface area contributed by atoms with Crippen molar-refractivity contribution in [3.63, 3.8) is 0 Å². The molecule has 1 aliphatic heterocycles. The van der Waals surface area contributed by atoms with Gasteiger partial charge >= 0.3 is 0 Å². The summed E-state index contributed by atoms with van der Waals surface area (Å²) >= 11 is 1.30. The molecule has 7 nitrogen and oxygen atoms in total. The Kier molecular flexibility index (Phi) is 5.56. The number of thioether (sulfide) groups is 1. The topological polar surface area (TPSA) is 92.0 Å². The molecule has 2 aromatic rings. The van der Waals surface area contributed by atoms with Gasteiger partial charge in [-0.1, -0.05) is 25.6 Å². The first-order valence-electron chi connectivity index (χ1n) is 8.30. The van der Waals surface area contributed by atoms with Crippen LogP contribution in [0.5, 0.6) is 5.75 Å². The van der Waals surface area contributed by atoms with E-state index < -0.39 is 11.2 Å². The minimum atomic E-state index is -0.687. The summed E-state index contributed by atoms with van der Waals surface area (Å²) in [6.07, 6.45) is 5.29. The molecule has 3 rings (SSSR count). The minimum absolute atomic E-state index is 0.0454. The first-order valence-corrected chi connectivity index (χ1v) is 9.29. The standard InChI is InChI=1S/C18H18FN5O2S/c1-18(2,11-27-17-22-8-14(19)9-23-17)16(25)24-3-4-26-15-12(5-20)6-21-7-13(15)10-24/h6-9H,3-4,10-11H2,1-2H3. The summed E-state index contributed by atoms with van der Waals surface area (Å²) in [5, 5.41) is 9.62. The Balaban J connectivity index is 1.71. The normalized spacial score (nSPS) is 13.9. The molecule has 2 aromatic heterocycles. The number of hydrogen-bond acceptors (Lipinski definition) is 7. The monoisotopic (exact) mass is 387 g/mol. The molecule has 0 atom stereocenters. The van der Waals surface area contributed by atoms with E-state index in [4.69, 9.17) is 4.74 Å². The lowest BCUT2D eigenvalue weighted by Crippen LogP contribution is -2.42. The molecule has 1 aliphatic rings. The fourth-order valence-corrected chi connectivity index (χ4v) is 3.55. The molecule has 0 spiro atoms. The summed E-state index contributed by atoms with van der Waals surface area (Å²) in [6, 6.07) is 2.06. The number of carbonyl (C=O) groups excluding carboxylic acids is 1. The van der Waals surface area contributed by atoms with E-state index in [0.29, 0.717) is 47.5 Å². The summed E-state index contributed by atoms with van der Waals surface area (Å²) in [6.45, 7) is 4.75. The first kappa shape index (κ1) is 19.0. The smallest absolute Gasteiger partial charge is 0.229 e. The zero-order valence-electron chi connectivity index (χ0n) is 15.0. The summed E-state index contributed by atoms with van der Waals surface area (Å²) in [5.74, 6) is 0.395. The van der Waals surface area contributed by atoms with E-state index in [-0.39, 0.29) is 5.91 Å². The summed E-state index contributed by atoms with van der Waals surface area (Å²) in [7, 11) is 0. The zero-order valence-corrected chi connectivity index (χ0v) is 15.8. The van der Waals surface area contributed by atoms with E-state index in [1.807, 2.05) is 13.8 Å². The van der Waals surface area contributed by atoms with Crippen molar-refractivity contribution in [2.24, 2.45) is 5.41 Å². The molecule has 0 aliphatic carbocycles. The Morgan fingerprint density at radius 1 is 1.37 bits per heavy atom. The summed E-state index contributed by atoms with van der Waals surface area (Å²) in [4.78, 5) is 26.7. The SMILES string of the molecule is CC(C)(CSc1ncc(F)cn1)C(=O)N1CCOc2c(C#N)cncc2C1. The predicted molar refractivity (Wildman–Crippen MR) is 96.4 cm³/mol. The van der Waals surface area contributed by atoms with Crippen LogP contribution in [0.2, 0.25) is 0 Å². The van der Waals surface area contributed by atoms with Gasteiger partial charge < -0.3 is 9.64 Å². The van der Waals surface area contributed by atoms with Crippen molar-refractivity contribution in [2.75, 3.05) is 18.9 Å². The van der Waals surface area contributed by atoms with Crippen LogP contribution in [0.25, 0.3) is 0 Å². The van der Waals surface area contributed by atoms with Crippen LogP contribution in [0.1, 0.15) is 25.0 Å². The fraction of sp³-hybridized carbons (Fsp3) is 0.389. The highest BCUT2D eigenvalue weighted by molar-refractivity contribution is 7.99. The van der Waals surface area contributed by atoms with Crippen molar-refractivity contribution in [3.8, 4) is 11.8 Å². The number of ether oxygens (including phenoxy) is 1. The van der Waals surface area contributed by atoms with Gasteiger partial charge in [-0.15, -0.1) is 0 Å². The van der Waals surface area contributed by atoms with E-state index in [1.54, 1.807) is 11.1 Å². The van der Waals surface area contributed by atoms with Gasteiger partial charge in [0.1, 0.15) is 24.0 Å². The van der Waals surface area contributed by atoms with Gasteiger partial charge in [0.25, 0.3) is 0 Å². The molecule has 0 saturated heterocycles. The van der Waals surface area contributed by atoms with Crippen molar-refractivity contribution in [1.29, 1.82) is 5.26 Å². The number of amides is 1. The molecule has 0 bridgehead atoms. The zero-order chi connectivity index (χ0) is 19.4. The van der Waals surface area contributed by atoms with Crippen molar-refractivity contribution >= 4 is 17.7 Å². The van der Waals surface area contributed by atoms with E-state index >= 15 is 0 Å². The van der Waals surface area contributed by atoms with Crippen LogP contribution in [-0.4, -0.2) is 44.7 Å². The van der Waals surface area contributed by atoms with Crippen molar-refractivity contribution in [2.45, 2.75) is 25.5 Å². The van der Waals surface area contributed by atoms with Gasteiger partial charge in [0.05, 0.1) is 30.9 Å². The molecule has 0 saturated carbocycles. The number of nitriles is 1. The maximum atomic E-state index is 13.1.